The molecular weight excluding hydrogens is 251 g/mol. The molecule has 0 radical (unpaired) electrons. The SMILES string of the molecule is N#Cc1ccc(F)c(CN2CC(C(=O)O)CC2=O)c1. The molecule has 0 saturated carbocycles. The molecule has 2 rings (SSSR count). The van der Waals surface area contributed by atoms with Crippen molar-refractivity contribution in [2.45, 2.75) is 13.0 Å². The molecule has 0 bridgehead atoms. The van der Waals surface area contributed by atoms with Crippen LogP contribution in [0.25, 0.3) is 0 Å². The van der Waals surface area contributed by atoms with Crippen molar-refractivity contribution in [1.82, 2.24) is 4.90 Å². The number of aliphatic carboxylic acids is 1. The van der Waals surface area contributed by atoms with Gasteiger partial charge in [0, 0.05) is 25.1 Å². The molecule has 1 unspecified atom stereocenters. The smallest absolute Gasteiger partial charge is 0.308 e. The van der Waals surface area contributed by atoms with Gasteiger partial charge in [-0.2, -0.15) is 5.26 Å². The second-order valence-electron chi connectivity index (χ2n) is 4.43. The Balaban J connectivity index is 2.16. The predicted molar refractivity (Wildman–Crippen MR) is 62.3 cm³/mol. The topological polar surface area (TPSA) is 81.4 Å². The summed E-state index contributed by atoms with van der Waals surface area (Å²) in [6.07, 6.45) is -0.0606. The Kier molecular flexibility index (Phi) is 3.47. The zero-order valence-electron chi connectivity index (χ0n) is 9.97. The van der Waals surface area contributed by atoms with Gasteiger partial charge >= 0.3 is 5.97 Å². The average Bonchev–Trinajstić information content (AvgIpc) is 2.74. The van der Waals surface area contributed by atoms with Gasteiger partial charge in [0.1, 0.15) is 5.82 Å². The lowest BCUT2D eigenvalue weighted by atomic mass is 10.1. The quantitative estimate of drug-likeness (QED) is 0.885. The van der Waals surface area contributed by atoms with Crippen molar-refractivity contribution in [3.05, 3.63) is 35.1 Å². The molecule has 1 aromatic rings. The summed E-state index contributed by atoms with van der Waals surface area (Å²) in [5, 5.41) is 17.6. The molecule has 6 heteroatoms. The van der Waals surface area contributed by atoms with E-state index >= 15 is 0 Å². The lowest BCUT2D eigenvalue weighted by Crippen LogP contribution is -2.26. The van der Waals surface area contributed by atoms with Gasteiger partial charge in [0.15, 0.2) is 0 Å². The Bertz CT molecular complexity index is 580. The third-order valence-electron chi connectivity index (χ3n) is 3.10. The molecule has 1 heterocycles. The van der Waals surface area contributed by atoms with Gasteiger partial charge in [-0.15, -0.1) is 0 Å². The van der Waals surface area contributed by atoms with Gasteiger partial charge in [-0.25, -0.2) is 4.39 Å². The molecule has 1 atom stereocenters. The van der Waals surface area contributed by atoms with Crippen molar-refractivity contribution in [1.29, 1.82) is 5.26 Å². The summed E-state index contributed by atoms with van der Waals surface area (Å²) in [5.74, 6) is -2.59. The van der Waals surface area contributed by atoms with Gasteiger partial charge < -0.3 is 10.0 Å². The summed E-state index contributed by atoms with van der Waals surface area (Å²) < 4.78 is 13.6. The fraction of sp³-hybridized carbons (Fsp3) is 0.308. The Morgan fingerprint density at radius 3 is 2.89 bits per heavy atom. The number of carbonyl (C=O) groups excluding carboxylic acids is 1. The first kappa shape index (κ1) is 13.0. The number of nitrogens with zero attached hydrogens (tertiary/aromatic N) is 2. The summed E-state index contributed by atoms with van der Waals surface area (Å²) in [7, 11) is 0. The maximum absolute atomic E-state index is 13.6. The monoisotopic (exact) mass is 262 g/mol. The maximum atomic E-state index is 13.6. The zero-order valence-corrected chi connectivity index (χ0v) is 9.97. The largest absolute Gasteiger partial charge is 0.481 e. The number of benzene rings is 1. The summed E-state index contributed by atoms with van der Waals surface area (Å²) in [6, 6.07) is 5.79. The third-order valence-corrected chi connectivity index (χ3v) is 3.10. The molecule has 1 amide bonds. The van der Waals surface area contributed by atoms with Crippen LogP contribution in [0.3, 0.4) is 0 Å². The van der Waals surface area contributed by atoms with Crippen molar-refractivity contribution in [2.24, 2.45) is 5.92 Å². The van der Waals surface area contributed by atoms with Crippen LogP contribution in [-0.4, -0.2) is 28.4 Å². The van der Waals surface area contributed by atoms with Crippen molar-refractivity contribution >= 4 is 11.9 Å². The van der Waals surface area contributed by atoms with Crippen LogP contribution in [0.15, 0.2) is 18.2 Å². The highest BCUT2D eigenvalue weighted by Gasteiger charge is 2.34. The van der Waals surface area contributed by atoms with Gasteiger partial charge in [-0.05, 0) is 18.2 Å². The molecule has 1 aliphatic heterocycles. The van der Waals surface area contributed by atoms with Crippen molar-refractivity contribution in [2.75, 3.05) is 6.54 Å². The van der Waals surface area contributed by atoms with E-state index in [9.17, 15) is 14.0 Å². The van der Waals surface area contributed by atoms with Crippen LogP contribution >= 0.6 is 0 Å². The van der Waals surface area contributed by atoms with E-state index in [1.165, 1.54) is 23.1 Å². The van der Waals surface area contributed by atoms with Gasteiger partial charge in [0.05, 0.1) is 17.6 Å². The second-order valence-corrected chi connectivity index (χ2v) is 4.43. The second kappa shape index (κ2) is 5.06. The van der Waals surface area contributed by atoms with E-state index in [0.29, 0.717) is 5.56 Å². The number of hydrogen-bond donors (Lipinski definition) is 1. The summed E-state index contributed by atoms with van der Waals surface area (Å²) >= 11 is 0. The fourth-order valence-corrected chi connectivity index (χ4v) is 2.06. The van der Waals surface area contributed by atoms with Crippen LogP contribution in [0.1, 0.15) is 17.5 Å². The Labute approximate surface area is 108 Å². The van der Waals surface area contributed by atoms with E-state index in [2.05, 4.69) is 0 Å². The summed E-state index contributed by atoms with van der Waals surface area (Å²) in [5.41, 5.74) is 0.524. The van der Waals surface area contributed by atoms with Crippen LogP contribution in [0.2, 0.25) is 0 Å². The number of carbonyl (C=O) groups is 2. The van der Waals surface area contributed by atoms with E-state index < -0.39 is 17.7 Å². The highest BCUT2D eigenvalue weighted by molar-refractivity contribution is 5.86. The van der Waals surface area contributed by atoms with Crippen molar-refractivity contribution in [3.63, 3.8) is 0 Å². The summed E-state index contributed by atoms with van der Waals surface area (Å²) in [4.78, 5) is 23.8. The molecular formula is C13H11FN2O3. The first-order valence-corrected chi connectivity index (χ1v) is 5.70. The van der Waals surface area contributed by atoms with E-state index in [1.807, 2.05) is 6.07 Å². The molecule has 1 aromatic carbocycles. The van der Waals surface area contributed by atoms with Crippen molar-refractivity contribution < 1.29 is 19.1 Å². The lowest BCUT2D eigenvalue weighted by Gasteiger charge is -2.16. The molecule has 0 aromatic heterocycles. The van der Waals surface area contributed by atoms with E-state index in [4.69, 9.17) is 10.4 Å². The number of hydrogen-bond acceptors (Lipinski definition) is 3. The fourth-order valence-electron chi connectivity index (χ4n) is 2.06. The lowest BCUT2D eigenvalue weighted by molar-refractivity contribution is -0.141. The van der Waals surface area contributed by atoms with Crippen LogP contribution in [0.5, 0.6) is 0 Å². The minimum atomic E-state index is -1.03. The third kappa shape index (κ3) is 2.71. The first-order valence-electron chi connectivity index (χ1n) is 5.70. The molecule has 1 saturated heterocycles. The molecule has 1 N–H and O–H groups in total. The maximum Gasteiger partial charge on any atom is 0.308 e. The van der Waals surface area contributed by atoms with Gasteiger partial charge in [-0.3, -0.25) is 9.59 Å². The number of likely N-dealkylation sites (tertiary alicyclic amines) is 1. The number of nitriles is 1. The molecule has 0 spiro atoms. The van der Waals surface area contributed by atoms with Gasteiger partial charge in [-0.1, -0.05) is 0 Å². The minimum absolute atomic E-state index is 0.00995. The van der Waals surface area contributed by atoms with Crippen LogP contribution in [-0.2, 0) is 16.1 Å². The Morgan fingerprint density at radius 2 is 2.32 bits per heavy atom. The van der Waals surface area contributed by atoms with Gasteiger partial charge in [0.2, 0.25) is 5.91 Å². The molecule has 5 nitrogen and oxygen atoms in total. The number of rotatable bonds is 3. The normalized spacial score (nSPS) is 18.4. The molecule has 98 valence electrons. The van der Waals surface area contributed by atoms with Crippen molar-refractivity contribution in [3.8, 4) is 6.07 Å². The first-order chi connectivity index (χ1) is 9.01. The van der Waals surface area contributed by atoms with E-state index in [1.54, 1.807) is 0 Å². The van der Waals surface area contributed by atoms with E-state index in [0.717, 1.165) is 0 Å². The van der Waals surface area contributed by atoms with E-state index in [-0.39, 0.29) is 31.0 Å². The molecule has 0 aliphatic carbocycles. The highest BCUT2D eigenvalue weighted by Crippen LogP contribution is 2.21. The number of carboxylic acid groups (broad SMARTS) is 1. The molecule has 1 aliphatic rings. The zero-order chi connectivity index (χ0) is 14.0. The standard InChI is InChI=1S/C13H11FN2O3/c14-11-2-1-8(5-15)3-9(11)6-16-7-10(13(18)19)4-12(16)17/h1-3,10H,4,6-7H2,(H,18,19). The average molecular weight is 262 g/mol. The minimum Gasteiger partial charge on any atom is -0.481 e. The van der Waals surface area contributed by atoms with Gasteiger partial charge in [0.25, 0.3) is 0 Å². The molecule has 19 heavy (non-hydrogen) atoms. The highest BCUT2D eigenvalue weighted by atomic mass is 19.1. The number of carboxylic acids is 1. The van der Waals surface area contributed by atoms with Crippen LogP contribution in [0.4, 0.5) is 4.39 Å². The van der Waals surface area contributed by atoms with Crippen LogP contribution < -0.4 is 0 Å². The number of halogens is 1. The molecule has 1 fully saturated rings. The Morgan fingerprint density at radius 1 is 1.58 bits per heavy atom. The number of amides is 1. The Hall–Kier alpha value is -2.42. The summed E-state index contributed by atoms with van der Waals surface area (Å²) in [6.45, 7) is 0.0638. The predicted octanol–water partition coefficient (Wildman–Crippen LogP) is 1.13. The van der Waals surface area contributed by atoms with Crippen LogP contribution in [0, 0.1) is 23.1 Å².